The van der Waals surface area contributed by atoms with Gasteiger partial charge in [-0.15, -0.1) is 0 Å². The highest BCUT2D eigenvalue weighted by atomic mass is 16.4. The van der Waals surface area contributed by atoms with Gasteiger partial charge in [0.15, 0.2) is 0 Å². The van der Waals surface area contributed by atoms with E-state index in [2.05, 4.69) is 38.2 Å². The molecule has 1 aliphatic rings. The van der Waals surface area contributed by atoms with Crippen molar-refractivity contribution in [3.05, 3.63) is 0 Å². The number of nitrogens with one attached hydrogen (secondary N) is 1. The van der Waals surface area contributed by atoms with Gasteiger partial charge in [-0.3, -0.25) is 4.79 Å². The fourth-order valence-electron chi connectivity index (χ4n) is 3.12. The topological polar surface area (TPSA) is 72.8 Å². The molecule has 1 rings (SSSR count). The molecular weight excluding hydrogens is 256 g/mol. The number of nitrogens with zero attached hydrogens (tertiary/aromatic N) is 1. The fourth-order valence-corrected chi connectivity index (χ4v) is 3.12. The summed E-state index contributed by atoms with van der Waals surface area (Å²) >= 11 is 0. The molecule has 5 heteroatoms. The van der Waals surface area contributed by atoms with Gasteiger partial charge in [-0.05, 0) is 45.2 Å². The summed E-state index contributed by atoms with van der Waals surface area (Å²) in [4.78, 5) is 13.1. The van der Waals surface area contributed by atoms with Crippen molar-refractivity contribution in [2.24, 2.45) is 11.3 Å². The number of carboxylic acid groups (broad SMARTS) is 1. The van der Waals surface area contributed by atoms with Crippen LogP contribution in [0.3, 0.4) is 0 Å². The molecule has 1 aliphatic carbocycles. The van der Waals surface area contributed by atoms with E-state index in [4.69, 9.17) is 5.11 Å². The third kappa shape index (κ3) is 5.77. The fraction of sp³-hybridized carbons (Fsp3) is 0.933. The molecule has 0 aromatic carbocycles. The average molecular weight is 286 g/mol. The van der Waals surface area contributed by atoms with Crippen molar-refractivity contribution in [2.75, 3.05) is 33.7 Å². The Hall–Kier alpha value is -0.650. The van der Waals surface area contributed by atoms with E-state index in [1.165, 1.54) is 0 Å². The van der Waals surface area contributed by atoms with E-state index in [0.717, 1.165) is 13.1 Å². The van der Waals surface area contributed by atoms with Crippen LogP contribution in [0.4, 0.5) is 0 Å². The molecule has 5 nitrogen and oxygen atoms in total. The Bertz CT molecular complexity index is 321. The Labute approximate surface area is 122 Å². The normalized spacial score (nSPS) is 27.8. The molecule has 0 saturated heterocycles. The van der Waals surface area contributed by atoms with E-state index in [1.807, 2.05) is 0 Å². The van der Waals surface area contributed by atoms with Crippen LogP contribution in [0.2, 0.25) is 0 Å². The van der Waals surface area contributed by atoms with E-state index in [0.29, 0.717) is 32.2 Å². The number of carboxylic acids is 1. The maximum Gasteiger partial charge on any atom is 0.306 e. The molecule has 3 N–H and O–H groups in total. The van der Waals surface area contributed by atoms with Crippen molar-refractivity contribution >= 4 is 5.97 Å². The van der Waals surface area contributed by atoms with Crippen LogP contribution in [0.5, 0.6) is 0 Å². The number of aliphatic carboxylic acids is 1. The Morgan fingerprint density at radius 2 is 1.90 bits per heavy atom. The molecule has 1 saturated carbocycles. The summed E-state index contributed by atoms with van der Waals surface area (Å²) in [5.74, 6) is -1.01. The van der Waals surface area contributed by atoms with Gasteiger partial charge in [0.05, 0.1) is 11.5 Å². The van der Waals surface area contributed by atoms with Crippen LogP contribution >= 0.6 is 0 Å². The first kappa shape index (κ1) is 17.4. The van der Waals surface area contributed by atoms with Crippen LogP contribution in [0.1, 0.15) is 39.5 Å². The molecule has 118 valence electrons. The van der Waals surface area contributed by atoms with Crippen LogP contribution in [0.15, 0.2) is 0 Å². The standard InChI is InChI=1S/C15H30N2O3/c1-14(2,11-17(3)4)9-16-10-15(20)7-5-12(6-8-15)13(18)19/h12,16,20H,5-11H2,1-4H3,(H,18,19). The van der Waals surface area contributed by atoms with Crippen LogP contribution in [0, 0.1) is 11.3 Å². The van der Waals surface area contributed by atoms with Gasteiger partial charge in [-0.25, -0.2) is 0 Å². The monoisotopic (exact) mass is 286 g/mol. The zero-order chi connectivity index (χ0) is 15.4. The quantitative estimate of drug-likeness (QED) is 0.655. The number of hydrogen-bond donors (Lipinski definition) is 3. The molecule has 0 atom stereocenters. The van der Waals surface area contributed by atoms with Crippen molar-refractivity contribution in [2.45, 2.75) is 45.1 Å². The van der Waals surface area contributed by atoms with Crippen molar-refractivity contribution in [3.63, 3.8) is 0 Å². The highest BCUT2D eigenvalue weighted by molar-refractivity contribution is 5.70. The Morgan fingerprint density at radius 3 is 2.35 bits per heavy atom. The third-order valence-electron chi connectivity index (χ3n) is 4.07. The van der Waals surface area contributed by atoms with Crippen LogP contribution in [-0.2, 0) is 4.79 Å². The predicted molar refractivity (Wildman–Crippen MR) is 79.7 cm³/mol. The number of aliphatic hydroxyl groups is 1. The summed E-state index contributed by atoms with van der Waals surface area (Å²) in [5.41, 5.74) is -0.585. The minimum absolute atomic E-state index is 0.151. The Morgan fingerprint density at radius 1 is 1.35 bits per heavy atom. The molecule has 0 aromatic heterocycles. The van der Waals surface area contributed by atoms with Gasteiger partial charge in [0, 0.05) is 19.6 Å². The van der Waals surface area contributed by atoms with Crippen molar-refractivity contribution in [1.82, 2.24) is 10.2 Å². The van der Waals surface area contributed by atoms with Gasteiger partial charge in [0.2, 0.25) is 0 Å². The van der Waals surface area contributed by atoms with Crippen molar-refractivity contribution in [3.8, 4) is 0 Å². The number of rotatable bonds is 7. The van der Waals surface area contributed by atoms with Gasteiger partial charge < -0.3 is 20.4 Å². The predicted octanol–water partition coefficient (Wildman–Crippen LogP) is 1.17. The van der Waals surface area contributed by atoms with Crippen molar-refractivity contribution in [1.29, 1.82) is 0 Å². The van der Waals surface area contributed by atoms with E-state index < -0.39 is 11.6 Å². The van der Waals surface area contributed by atoms with Gasteiger partial charge in [0.1, 0.15) is 0 Å². The second kappa shape index (κ2) is 6.87. The zero-order valence-electron chi connectivity index (χ0n) is 13.3. The SMILES string of the molecule is CN(C)CC(C)(C)CNCC1(O)CCC(C(=O)O)CC1. The lowest BCUT2D eigenvalue weighted by Gasteiger charge is -2.36. The molecule has 0 amide bonds. The lowest BCUT2D eigenvalue weighted by Crippen LogP contribution is -2.47. The zero-order valence-corrected chi connectivity index (χ0v) is 13.3. The van der Waals surface area contributed by atoms with E-state index in [1.54, 1.807) is 0 Å². The summed E-state index contributed by atoms with van der Waals surface area (Å²) in [6, 6.07) is 0. The van der Waals surface area contributed by atoms with Crippen LogP contribution in [0.25, 0.3) is 0 Å². The lowest BCUT2D eigenvalue weighted by atomic mass is 9.78. The minimum atomic E-state index is -0.736. The molecule has 0 aromatic rings. The molecule has 1 fully saturated rings. The first-order chi connectivity index (χ1) is 9.14. The second-order valence-corrected chi connectivity index (χ2v) is 7.34. The molecule has 0 bridgehead atoms. The first-order valence-corrected chi connectivity index (χ1v) is 7.44. The summed E-state index contributed by atoms with van der Waals surface area (Å²) in [6.07, 6.45) is 2.30. The van der Waals surface area contributed by atoms with Crippen LogP contribution in [-0.4, -0.2) is 60.4 Å². The third-order valence-corrected chi connectivity index (χ3v) is 4.07. The van der Waals surface area contributed by atoms with Gasteiger partial charge in [-0.2, -0.15) is 0 Å². The first-order valence-electron chi connectivity index (χ1n) is 7.44. The summed E-state index contributed by atoms with van der Waals surface area (Å²) in [6.45, 7) is 6.78. The van der Waals surface area contributed by atoms with Gasteiger partial charge >= 0.3 is 5.97 Å². The minimum Gasteiger partial charge on any atom is -0.481 e. The van der Waals surface area contributed by atoms with Gasteiger partial charge in [0.25, 0.3) is 0 Å². The summed E-state index contributed by atoms with van der Waals surface area (Å²) in [7, 11) is 4.12. The summed E-state index contributed by atoms with van der Waals surface area (Å²) < 4.78 is 0. The lowest BCUT2D eigenvalue weighted by molar-refractivity contribution is -0.144. The number of hydrogen-bond acceptors (Lipinski definition) is 4. The van der Waals surface area contributed by atoms with E-state index in [9.17, 15) is 9.90 Å². The Balaban J connectivity index is 2.33. The largest absolute Gasteiger partial charge is 0.481 e. The molecule has 0 heterocycles. The molecule has 0 radical (unpaired) electrons. The molecule has 0 unspecified atom stereocenters. The van der Waals surface area contributed by atoms with Gasteiger partial charge in [-0.1, -0.05) is 13.8 Å². The maximum absolute atomic E-state index is 10.9. The van der Waals surface area contributed by atoms with Crippen LogP contribution < -0.4 is 5.32 Å². The van der Waals surface area contributed by atoms with E-state index >= 15 is 0 Å². The molecular formula is C15H30N2O3. The maximum atomic E-state index is 10.9. The average Bonchev–Trinajstić information content (AvgIpc) is 2.26. The van der Waals surface area contributed by atoms with Crippen molar-refractivity contribution < 1.29 is 15.0 Å². The molecule has 0 spiro atoms. The molecule has 0 aliphatic heterocycles. The number of carbonyl (C=O) groups is 1. The Kier molecular flexibility index (Phi) is 5.98. The highest BCUT2D eigenvalue weighted by Gasteiger charge is 2.35. The van der Waals surface area contributed by atoms with E-state index in [-0.39, 0.29) is 11.3 Å². The highest BCUT2D eigenvalue weighted by Crippen LogP contribution is 2.32. The second-order valence-electron chi connectivity index (χ2n) is 7.34. The molecule has 20 heavy (non-hydrogen) atoms. The smallest absolute Gasteiger partial charge is 0.306 e. The summed E-state index contributed by atoms with van der Waals surface area (Å²) in [5, 5.41) is 22.8.